The zero-order chi connectivity index (χ0) is 15.1. The highest BCUT2D eigenvalue weighted by Gasteiger charge is 2.07. The van der Waals surface area contributed by atoms with Crippen LogP contribution < -0.4 is 15.4 Å². The number of benzene rings is 2. The van der Waals surface area contributed by atoms with Crippen LogP contribution in [0.15, 0.2) is 48.5 Å². The van der Waals surface area contributed by atoms with Crippen molar-refractivity contribution >= 4 is 17.4 Å². The molecule has 2 amide bonds. The highest BCUT2D eigenvalue weighted by Crippen LogP contribution is 2.23. The minimum Gasteiger partial charge on any atom is -0.492 e. The summed E-state index contributed by atoms with van der Waals surface area (Å²) in [4.78, 5) is 12.1. The van der Waals surface area contributed by atoms with E-state index >= 15 is 0 Å². The van der Waals surface area contributed by atoms with E-state index in [9.17, 15) is 4.79 Å². The molecular weight excluding hydrogens is 264 g/mol. The van der Waals surface area contributed by atoms with Crippen LogP contribution in [-0.4, -0.2) is 12.6 Å². The van der Waals surface area contributed by atoms with Gasteiger partial charge in [-0.25, -0.2) is 4.79 Å². The van der Waals surface area contributed by atoms with Crippen molar-refractivity contribution in [3.63, 3.8) is 0 Å². The summed E-state index contributed by atoms with van der Waals surface area (Å²) >= 11 is 0. The maximum absolute atomic E-state index is 12.1. The van der Waals surface area contributed by atoms with E-state index in [0.717, 1.165) is 12.1 Å². The van der Waals surface area contributed by atoms with Gasteiger partial charge in [-0.05, 0) is 43.2 Å². The molecule has 110 valence electrons. The van der Waals surface area contributed by atoms with Crippen molar-refractivity contribution in [2.45, 2.75) is 20.3 Å². The van der Waals surface area contributed by atoms with Gasteiger partial charge >= 0.3 is 6.03 Å². The first-order valence-electron chi connectivity index (χ1n) is 7.11. The molecule has 2 aromatic rings. The Morgan fingerprint density at radius 1 is 1.05 bits per heavy atom. The van der Waals surface area contributed by atoms with E-state index in [4.69, 9.17) is 4.74 Å². The van der Waals surface area contributed by atoms with E-state index in [2.05, 4.69) is 17.6 Å². The lowest BCUT2D eigenvalue weighted by molar-refractivity contribution is 0.262. The minimum absolute atomic E-state index is 0.282. The molecule has 0 spiro atoms. The second-order valence-corrected chi connectivity index (χ2v) is 4.56. The van der Waals surface area contributed by atoms with Gasteiger partial charge in [0.2, 0.25) is 0 Å². The van der Waals surface area contributed by atoms with Crippen molar-refractivity contribution in [1.82, 2.24) is 0 Å². The summed E-state index contributed by atoms with van der Waals surface area (Å²) in [5.41, 5.74) is 2.62. The fraction of sp³-hybridized carbons (Fsp3) is 0.235. The topological polar surface area (TPSA) is 50.4 Å². The SMILES string of the molecule is CCOc1ccccc1NC(=O)Nc1cccc(CC)c1. The van der Waals surface area contributed by atoms with Crippen molar-refractivity contribution in [3.8, 4) is 5.75 Å². The number of ether oxygens (including phenoxy) is 1. The molecule has 0 aliphatic carbocycles. The highest BCUT2D eigenvalue weighted by molar-refractivity contribution is 6.00. The maximum atomic E-state index is 12.1. The molecule has 0 saturated heterocycles. The van der Waals surface area contributed by atoms with Gasteiger partial charge in [0.25, 0.3) is 0 Å². The smallest absolute Gasteiger partial charge is 0.323 e. The Morgan fingerprint density at radius 3 is 2.62 bits per heavy atom. The first kappa shape index (κ1) is 14.9. The van der Waals surface area contributed by atoms with E-state index in [1.54, 1.807) is 0 Å². The lowest BCUT2D eigenvalue weighted by Crippen LogP contribution is -2.20. The summed E-state index contributed by atoms with van der Waals surface area (Å²) < 4.78 is 5.48. The number of hydrogen-bond acceptors (Lipinski definition) is 2. The average molecular weight is 284 g/mol. The molecule has 0 aromatic heterocycles. The minimum atomic E-state index is -0.282. The first-order chi connectivity index (χ1) is 10.2. The summed E-state index contributed by atoms with van der Waals surface area (Å²) in [7, 11) is 0. The van der Waals surface area contributed by atoms with Crippen LogP contribution >= 0.6 is 0 Å². The Bertz CT molecular complexity index is 611. The molecule has 0 aliphatic rings. The van der Waals surface area contributed by atoms with Crippen LogP contribution in [-0.2, 0) is 6.42 Å². The van der Waals surface area contributed by atoms with Crippen molar-refractivity contribution < 1.29 is 9.53 Å². The predicted octanol–water partition coefficient (Wildman–Crippen LogP) is 4.29. The van der Waals surface area contributed by atoms with Crippen LogP contribution in [0.25, 0.3) is 0 Å². The fourth-order valence-electron chi connectivity index (χ4n) is 2.00. The zero-order valence-corrected chi connectivity index (χ0v) is 12.3. The number of urea groups is 1. The molecule has 4 heteroatoms. The van der Waals surface area contributed by atoms with Gasteiger partial charge in [0, 0.05) is 5.69 Å². The Hall–Kier alpha value is -2.49. The number of nitrogens with one attached hydrogen (secondary N) is 2. The Morgan fingerprint density at radius 2 is 1.86 bits per heavy atom. The number of hydrogen-bond donors (Lipinski definition) is 2. The highest BCUT2D eigenvalue weighted by atomic mass is 16.5. The number of carbonyl (C=O) groups excluding carboxylic acids is 1. The van der Waals surface area contributed by atoms with E-state index in [0.29, 0.717) is 18.0 Å². The number of amides is 2. The quantitative estimate of drug-likeness (QED) is 0.860. The van der Waals surface area contributed by atoms with Crippen LogP contribution in [0.4, 0.5) is 16.2 Å². The standard InChI is InChI=1S/C17H20N2O2/c1-3-13-8-7-9-14(12-13)18-17(20)19-15-10-5-6-11-16(15)21-4-2/h5-12H,3-4H2,1-2H3,(H2,18,19,20). The molecule has 21 heavy (non-hydrogen) atoms. The molecule has 0 heterocycles. The molecule has 2 N–H and O–H groups in total. The van der Waals surface area contributed by atoms with E-state index < -0.39 is 0 Å². The Kier molecular flexibility index (Phi) is 5.21. The van der Waals surface area contributed by atoms with Gasteiger partial charge in [-0.1, -0.05) is 31.2 Å². The molecule has 0 unspecified atom stereocenters. The lowest BCUT2D eigenvalue weighted by atomic mass is 10.1. The summed E-state index contributed by atoms with van der Waals surface area (Å²) in [6.07, 6.45) is 0.935. The van der Waals surface area contributed by atoms with Gasteiger partial charge in [-0.3, -0.25) is 0 Å². The van der Waals surface area contributed by atoms with Gasteiger partial charge < -0.3 is 15.4 Å². The number of aryl methyl sites for hydroxylation is 1. The van der Waals surface area contributed by atoms with Crippen LogP contribution in [0.1, 0.15) is 19.4 Å². The number of anilines is 2. The maximum Gasteiger partial charge on any atom is 0.323 e. The third-order valence-electron chi connectivity index (χ3n) is 3.03. The van der Waals surface area contributed by atoms with E-state index in [1.165, 1.54) is 5.56 Å². The molecule has 0 fully saturated rings. The Balaban J connectivity index is 2.04. The van der Waals surface area contributed by atoms with Gasteiger partial charge in [0.05, 0.1) is 12.3 Å². The summed E-state index contributed by atoms with van der Waals surface area (Å²) in [6, 6.07) is 14.9. The second kappa shape index (κ2) is 7.33. The average Bonchev–Trinajstić information content (AvgIpc) is 2.49. The van der Waals surface area contributed by atoms with Gasteiger partial charge in [0.15, 0.2) is 0 Å². The largest absolute Gasteiger partial charge is 0.492 e. The number of rotatable bonds is 5. The van der Waals surface area contributed by atoms with Crippen molar-refractivity contribution in [2.75, 3.05) is 17.2 Å². The molecule has 4 nitrogen and oxygen atoms in total. The second-order valence-electron chi connectivity index (χ2n) is 4.56. The molecule has 0 radical (unpaired) electrons. The van der Waals surface area contributed by atoms with E-state index in [-0.39, 0.29) is 6.03 Å². The number of carbonyl (C=O) groups is 1. The molecule has 0 saturated carbocycles. The summed E-state index contributed by atoms with van der Waals surface area (Å²) in [5, 5.41) is 5.64. The molecule has 2 rings (SSSR count). The van der Waals surface area contributed by atoms with Crippen LogP contribution in [0.3, 0.4) is 0 Å². The molecule has 2 aromatic carbocycles. The summed E-state index contributed by atoms with van der Waals surface area (Å²) in [5.74, 6) is 0.664. The molecular formula is C17H20N2O2. The third kappa shape index (κ3) is 4.24. The molecule has 0 bridgehead atoms. The van der Waals surface area contributed by atoms with Gasteiger partial charge in [0.1, 0.15) is 5.75 Å². The van der Waals surface area contributed by atoms with Gasteiger partial charge in [-0.15, -0.1) is 0 Å². The molecule has 0 aliphatic heterocycles. The van der Waals surface area contributed by atoms with Gasteiger partial charge in [-0.2, -0.15) is 0 Å². The normalized spacial score (nSPS) is 10.0. The van der Waals surface area contributed by atoms with Crippen LogP contribution in [0.5, 0.6) is 5.75 Å². The first-order valence-corrected chi connectivity index (χ1v) is 7.11. The van der Waals surface area contributed by atoms with Crippen molar-refractivity contribution in [1.29, 1.82) is 0 Å². The van der Waals surface area contributed by atoms with E-state index in [1.807, 2.05) is 55.5 Å². The summed E-state index contributed by atoms with van der Waals surface area (Å²) in [6.45, 7) is 4.55. The third-order valence-corrected chi connectivity index (χ3v) is 3.03. The fourth-order valence-corrected chi connectivity index (χ4v) is 2.00. The Labute approximate surface area is 125 Å². The monoisotopic (exact) mass is 284 g/mol. The number of para-hydroxylation sites is 2. The van der Waals surface area contributed by atoms with Crippen LogP contribution in [0.2, 0.25) is 0 Å². The van der Waals surface area contributed by atoms with Crippen molar-refractivity contribution in [2.24, 2.45) is 0 Å². The zero-order valence-electron chi connectivity index (χ0n) is 12.3. The van der Waals surface area contributed by atoms with Crippen LogP contribution in [0, 0.1) is 0 Å². The van der Waals surface area contributed by atoms with Crippen molar-refractivity contribution in [3.05, 3.63) is 54.1 Å². The predicted molar refractivity (Wildman–Crippen MR) is 86.1 cm³/mol. The lowest BCUT2D eigenvalue weighted by Gasteiger charge is -2.12. The molecule has 0 atom stereocenters.